The zero-order valence-electron chi connectivity index (χ0n) is 14.1. The molecular formula is C18H19ClN2O5. The molecule has 4 N–H and O–H groups in total. The highest BCUT2D eigenvalue weighted by Gasteiger charge is 2.16. The molecule has 0 fully saturated rings. The summed E-state index contributed by atoms with van der Waals surface area (Å²) in [6.45, 7) is 0.0215. The van der Waals surface area contributed by atoms with Crippen LogP contribution in [0.5, 0.6) is 17.2 Å². The molecule has 0 aliphatic heterocycles. The molecule has 2 amide bonds. The topological polar surface area (TPSA) is 111 Å². The van der Waals surface area contributed by atoms with Crippen molar-refractivity contribution in [3.8, 4) is 17.2 Å². The Bertz CT molecular complexity index is 810. The molecule has 26 heavy (non-hydrogen) atoms. The molecule has 138 valence electrons. The number of hydrogen-bond acceptors (Lipinski definition) is 5. The number of aromatic hydroxyl groups is 1. The molecule has 0 saturated heterocycles. The van der Waals surface area contributed by atoms with Gasteiger partial charge in [-0.25, -0.2) is 0 Å². The first-order chi connectivity index (χ1) is 12.4. The lowest BCUT2D eigenvalue weighted by atomic mass is 10.1. The van der Waals surface area contributed by atoms with E-state index in [1.807, 2.05) is 6.07 Å². The van der Waals surface area contributed by atoms with E-state index in [4.69, 9.17) is 26.8 Å². The Balaban J connectivity index is 2.03. The van der Waals surface area contributed by atoms with Gasteiger partial charge in [-0.2, -0.15) is 0 Å². The molecule has 0 atom stereocenters. The second-order valence-corrected chi connectivity index (χ2v) is 5.83. The Morgan fingerprint density at radius 3 is 2.69 bits per heavy atom. The number of hydrogen-bond donors (Lipinski definition) is 3. The lowest BCUT2D eigenvalue weighted by molar-refractivity contribution is -0.119. The van der Waals surface area contributed by atoms with E-state index in [1.165, 1.54) is 19.2 Å². The largest absolute Gasteiger partial charge is 0.508 e. The summed E-state index contributed by atoms with van der Waals surface area (Å²) in [4.78, 5) is 23.2. The average molecular weight is 379 g/mol. The lowest BCUT2D eigenvalue weighted by Gasteiger charge is -2.13. The molecule has 8 heteroatoms. The van der Waals surface area contributed by atoms with Crippen LogP contribution in [0.3, 0.4) is 0 Å². The number of halogens is 1. The predicted molar refractivity (Wildman–Crippen MR) is 96.8 cm³/mol. The second-order valence-electron chi connectivity index (χ2n) is 5.42. The number of primary amides is 1. The zero-order chi connectivity index (χ0) is 19.1. The van der Waals surface area contributed by atoms with Gasteiger partial charge in [0.15, 0.2) is 18.1 Å². The summed E-state index contributed by atoms with van der Waals surface area (Å²) < 4.78 is 10.4. The summed E-state index contributed by atoms with van der Waals surface area (Å²) in [5, 5.41) is 12.3. The number of phenols is 1. The van der Waals surface area contributed by atoms with Crippen LogP contribution in [-0.2, 0) is 11.2 Å². The summed E-state index contributed by atoms with van der Waals surface area (Å²) in [7, 11) is 1.40. The molecule has 0 heterocycles. The third-order valence-electron chi connectivity index (χ3n) is 3.46. The monoisotopic (exact) mass is 378 g/mol. The van der Waals surface area contributed by atoms with Crippen molar-refractivity contribution in [2.75, 3.05) is 20.3 Å². The number of amides is 2. The molecule has 0 aromatic heterocycles. The summed E-state index contributed by atoms with van der Waals surface area (Å²) in [5.41, 5.74) is 6.23. The first-order valence-electron chi connectivity index (χ1n) is 7.75. The van der Waals surface area contributed by atoms with Gasteiger partial charge in [-0.05, 0) is 36.2 Å². The maximum Gasteiger partial charge on any atom is 0.255 e. The lowest BCUT2D eigenvalue weighted by Crippen LogP contribution is -2.26. The molecule has 2 aromatic carbocycles. The zero-order valence-corrected chi connectivity index (χ0v) is 14.9. The number of carbonyl (C=O) groups excluding carboxylic acids is 2. The summed E-state index contributed by atoms with van der Waals surface area (Å²) in [6, 6.07) is 9.70. The van der Waals surface area contributed by atoms with E-state index < -0.39 is 5.91 Å². The van der Waals surface area contributed by atoms with Crippen molar-refractivity contribution < 1.29 is 24.2 Å². The van der Waals surface area contributed by atoms with Crippen molar-refractivity contribution >= 4 is 23.4 Å². The fourth-order valence-corrected chi connectivity index (χ4v) is 2.53. The Labute approximate surface area is 155 Å². The SMILES string of the molecule is COc1cc(C(=O)NCCc2cccc(O)c2)cc(Cl)c1OCC(N)=O. The van der Waals surface area contributed by atoms with Gasteiger partial charge in [0.1, 0.15) is 5.75 Å². The van der Waals surface area contributed by atoms with Gasteiger partial charge in [-0.1, -0.05) is 23.7 Å². The number of nitrogens with one attached hydrogen (secondary N) is 1. The molecule has 0 radical (unpaired) electrons. The fraction of sp³-hybridized carbons (Fsp3) is 0.222. The highest BCUT2D eigenvalue weighted by Crippen LogP contribution is 2.36. The van der Waals surface area contributed by atoms with Crippen LogP contribution in [0, 0.1) is 0 Å². The molecular weight excluding hydrogens is 360 g/mol. The van der Waals surface area contributed by atoms with Gasteiger partial charge in [-0.3, -0.25) is 9.59 Å². The van der Waals surface area contributed by atoms with Gasteiger partial charge >= 0.3 is 0 Å². The molecule has 0 saturated carbocycles. The van der Waals surface area contributed by atoms with Crippen LogP contribution < -0.4 is 20.5 Å². The van der Waals surface area contributed by atoms with E-state index in [2.05, 4.69) is 5.32 Å². The Kier molecular flexibility index (Phi) is 6.68. The maximum absolute atomic E-state index is 12.3. The number of methoxy groups -OCH3 is 1. The third kappa shape index (κ3) is 5.29. The Morgan fingerprint density at radius 2 is 2.04 bits per heavy atom. The first kappa shape index (κ1) is 19.4. The minimum absolute atomic E-state index is 0.128. The Morgan fingerprint density at radius 1 is 1.27 bits per heavy atom. The standard InChI is InChI=1S/C18H19ClN2O5/c1-25-15-9-12(8-14(19)17(15)26-10-16(20)23)18(24)21-6-5-11-3-2-4-13(22)7-11/h2-4,7-9,22H,5-6,10H2,1H3,(H2,20,23)(H,21,24). The highest BCUT2D eigenvalue weighted by atomic mass is 35.5. The van der Waals surface area contributed by atoms with Crippen molar-refractivity contribution in [2.24, 2.45) is 5.73 Å². The van der Waals surface area contributed by atoms with E-state index in [9.17, 15) is 14.7 Å². The van der Waals surface area contributed by atoms with Crippen molar-refractivity contribution in [1.82, 2.24) is 5.32 Å². The van der Waals surface area contributed by atoms with E-state index >= 15 is 0 Å². The van der Waals surface area contributed by atoms with Crippen molar-refractivity contribution in [3.05, 3.63) is 52.5 Å². The molecule has 0 aliphatic rings. The normalized spacial score (nSPS) is 10.2. The van der Waals surface area contributed by atoms with Crippen LogP contribution in [0.15, 0.2) is 36.4 Å². The van der Waals surface area contributed by atoms with Gasteiger partial charge in [0, 0.05) is 12.1 Å². The van der Waals surface area contributed by atoms with Crippen molar-refractivity contribution in [1.29, 1.82) is 0 Å². The highest BCUT2D eigenvalue weighted by molar-refractivity contribution is 6.32. The number of benzene rings is 2. The van der Waals surface area contributed by atoms with E-state index in [1.54, 1.807) is 18.2 Å². The third-order valence-corrected chi connectivity index (χ3v) is 3.74. The van der Waals surface area contributed by atoms with Crippen LogP contribution in [0.1, 0.15) is 15.9 Å². The molecule has 0 spiro atoms. The molecule has 0 unspecified atom stereocenters. The van der Waals surface area contributed by atoms with Crippen molar-refractivity contribution in [2.45, 2.75) is 6.42 Å². The molecule has 0 bridgehead atoms. The fourth-order valence-electron chi connectivity index (χ4n) is 2.27. The summed E-state index contributed by atoms with van der Waals surface area (Å²) in [5.74, 6) is -0.457. The minimum atomic E-state index is -0.656. The van der Waals surface area contributed by atoms with Gasteiger partial charge in [-0.15, -0.1) is 0 Å². The maximum atomic E-state index is 12.3. The van der Waals surface area contributed by atoms with Crippen LogP contribution >= 0.6 is 11.6 Å². The van der Waals surface area contributed by atoms with Crippen LogP contribution in [-0.4, -0.2) is 37.2 Å². The smallest absolute Gasteiger partial charge is 0.255 e. The van der Waals surface area contributed by atoms with E-state index in [-0.39, 0.29) is 40.3 Å². The summed E-state index contributed by atoms with van der Waals surface area (Å²) >= 11 is 6.12. The molecule has 0 aliphatic carbocycles. The molecule has 7 nitrogen and oxygen atoms in total. The van der Waals surface area contributed by atoms with E-state index in [0.29, 0.717) is 13.0 Å². The Hall–Kier alpha value is -2.93. The van der Waals surface area contributed by atoms with Crippen LogP contribution in [0.2, 0.25) is 5.02 Å². The van der Waals surface area contributed by atoms with Gasteiger partial charge in [0.05, 0.1) is 12.1 Å². The van der Waals surface area contributed by atoms with E-state index in [0.717, 1.165) is 5.56 Å². The van der Waals surface area contributed by atoms with Crippen LogP contribution in [0.25, 0.3) is 0 Å². The number of phenolic OH excluding ortho intramolecular Hbond substituents is 1. The molecule has 2 aromatic rings. The van der Waals surface area contributed by atoms with Gasteiger partial charge in [0.2, 0.25) is 0 Å². The van der Waals surface area contributed by atoms with Gasteiger partial charge < -0.3 is 25.6 Å². The van der Waals surface area contributed by atoms with Gasteiger partial charge in [0.25, 0.3) is 11.8 Å². The first-order valence-corrected chi connectivity index (χ1v) is 8.13. The van der Waals surface area contributed by atoms with Crippen molar-refractivity contribution in [3.63, 3.8) is 0 Å². The second kappa shape index (κ2) is 8.96. The predicted octanol–water partition coefficient (Wildman–Crippen LogP) is 1.89. The minimum Gasteiger partial charge on any atom is -0.508 e. The molecule has 2 rings (SSSR count). The number of rotatable bonds is 8. The number of nitrogens with two attached hydrogens (primary N) is 1. The average Bonchev–Trinajstić information content (AvgIpc) is 2.59. The van der Waals surface area contributed by atoms with Crippen LogP contribution in [0.4, 0.5) is 0 Å². The number of ether oxygens (including phenoxy) is 2. The number of carbonyl (C=O) groups is 2. The summed E-state index contributed by atoms with van der Waals surface area (Å²) in [6.07, 6.45) is 0.560. The quantitative estimate of drug-likeness (QED) is 0.649.